The second-order valence-corrected chi connectivity index (χ2v) is 9.91. The van der Waals surface area contributed by atoms with Crippen LogP contribution in [0.2, 0.25) is 0 Å². The standard InChI is InChI=1S/C18H38N2O4S/c1-5-6-7-8-9-10-11-12-13-14-25(23,24)19-17(15-18(21)22)16-20(2,3)4/h17,19H,5-16H2,1-4H3/p+1/t17-/m1/s1. The highest BCUT2D eigenvalue weighted by molar-refractivity contribution is 7.89. The van der Waals surface area contributed by atoms with Crippen LogP contribution in [-0.4, -0.2) is 63.5 Å². The third-order valence-corrected chi connectivity index (χ3v) is 5.57. The van der Waals surface area contributed by atoms with E-state index in [4.69, 9.17) is 5.11 Å². The number of sulfonamides is 1. The highest BCUT2D eigenvalue weighted by Gasteiger charge is 2.25. The minimum atomic E-state index is -3.43. The van der Waals surface area contributed by atoms with Gasteiger partial charge in [-0.2, -0.15) is 0 Å². The largest absolute Gasteiger partial charge is 0.481 e. The van der Waals surface area contributed by atoms with E-state index in [1.807, 2.05) is 21.1 Å². The van der Waals surface area contributed by atoms with Gasteiger partial charge in [0.25, 0.3) is 0 Å². The molecule has 0 heterocycles. The summed E-state index contributed by atoms with van der Waals surface area (Å²) in [7, 11) is 2.33. The Labute approximate surface area is 154 Å². The average molecular weight is 380 g/mol. The highest BCUT2D eigenvalue weighted by Crippen LogP contribution is 2.10. The summed E-state index contributed by atoms with van der Waals surface area (Å²) in [4.78, 5) is 11.0. The van der Waals surface area contributed by atoms with Crippen LogP contribution in [0.1, 0.15) is 71.1 Å². The molecule has 0 aromatic carbocycles. The Morgan fingerprint density at radius 3 is 1.88 bits per heavy atom. The normalized spacial score (nSPS) is 13.8. The van der Waals surface area contributed by atoms with Crippen molar-refractivity contribution in [1.82, 2.24) is 4.72 Å². The topological polar surface area (TPSA) is 83.5 Å². The molecular formula is C18H39N2O4S+. The van der Waals surface area contributed by atoms with Crippen molar-refractivity contribution < 1.29 is 22.8 Å². The minimum absolute atomic E-state index is 0.0795. The fourth-order valence-electron chi connectivity index (χ4n) is 2.93. The van der Waals surface area contributed by atoms with Gasteiger partial charge in [-0.15, -0.1) is 0 Å². The van der Waals surface area contributed by atoms with Crippen molar-refractivity contribution in [3.8, 4) is 0 Å². The third-order valence-electron chi connectivity index (χ3n) is 4.05. The van der Waals surface area contributed by atoms with Crippen LogP contribution >= 0.6 is 0 Å². The number of quaternary nitrogens is 1. The number of hydrogen-bond acceptors (Lipinski definition) is 3. The molecule has 0 unspecified atom stereocenters. The number of carbonyl (C=O) groups is 1. The van der Waals surface area contributed by atoms with Crippen LogP contribution in [0, 0.1) is 0 Å². The van der Waals surface area contributed by atoms with Gasteiger partial charge in [-0.25, -0.2) is 13.1 Å². The maximum Gasteiger partial charge on any atom is 0.305 e. The molecule has 7 heteroatoms. The molecule has 2 N–H and O–H groups in total. The summed E-state index contributed by atoms with van der Waals surface area (Å²) in [5, 5.41) is 8.99. The molecule has 0 aliphatic carbocycles. The summed E-state index contributed by atoms with van der Waals surface area (Å²) in [5.41, 5.74) is 0. The quantitative estimate of drug-likeness (QED) is 0.319. The number of carboxylic acid groups (broad SMARTS) is 1. The van der Waals surface area contributed by atoms with E-state index in [9.17, 15) is 13.2 Å². The summed E-state index contributed by atoms with van der Waals surface area (Å²) in [6.45, 7) is 2.65. The molecule has 0 bridgehead atoms. The molecule has 0 saturated carbocycles. The number of carboxylic acids is 1. The molecule has 0 saturated heterocycles. The first kappa shape index (κ1) is 24.3. The summed E-state index contributed by atoms with van der Waals surface area (Å²) < 4.78 is 27.5. The van der Waals surface area contributed by atoms with Crippen LogP contribution in [0.15, 0.2) is 0 Å². The molecule has 6 nitrogen and oxygen atoms in total. The summed E-state index contributed by atoms with van der Waals surface area (Å²) in [6, 6.07) is -0.568. The lowest BCUT2D eigenvalue weighted by Gasteiger charge is -2.29. The molecule has 25 heavy (non-hydrogen) atoms. The van der Waals surface area contributed by atoms with Gasteiger partial charge in [-0.1, -0.05) is 58.3 Å². The van der Waals surface area contributed by atoms with Crippen molar-refractivity contribution in [1.29, 1.82) is 0 Å². The van der Waals surface area contributed by atoms with Crippen molar-refractivity contribution in [3.63, 3.8) is 0 Å². The van der Waals surface area contributed by atoms with Gasteiger partial charge in [0.05, 0.1) is 45.9 Å². The predicted octanol–water partition coefficient (Wildman–Crippen LogP) is 2.99. The Morgan fingerprint density at radius 1 is 0.960 bits per heavy atom. The van der Waals surface area contributed by atoms with Crippen molar-refractivity contribution >= 4 is 16.0 Å². The fourth-order valence-corrected chi connectivity index (χ4v) is 4.30. The van der Waals surface area contributed by atoms with Crippen LogP contribution in [0.25, 0.3) is 0 Å². The van der Waals surface area contributed by atoms with E-state index in [-0.39, 0.29) is 12.2 Å². The van der Waals surface area contributed by atoms with Crippen molar-refractivity contribution in [2.45, 2.75) is 77.2 Å². The Kier molecular flexibility index (Phi) is 12.3. The van der Waals surface area contributed by atoms with Crippen LogP contribution in [-0.2, 0) is 14.8 Å². The zero-order valence-electron chi connectivity index (χ0n) is 16.6. The van der Waals surface area contributed by atoms with E-state index in [1.165, 1.54) is 38.5 Å². The molecular weight excluding hydrogens is 340 g/mol. The van der Waals surface area contributed by atoms with Crippen molar-refractivity contribution in [3.05, 3.63) is 0 Å². The van der Waals surface area contributed by atoms with Gasteiger partial charge in [-0.3, -0.25) is 4.79 Å². The Morgan fingerprint density at radius 2 is 1.44 bits per heavy atom. The Balaban J connectivity index is 4.09. The first-order chi connectivity index (χ1) is 11.6. The predicted molar refractivity (Wildman–Crippen MR) is 103 cm³/mol. The molecule has 1 atom stereocenters. The van der Waals surface area contributed by atoms with Crippen molar-refractivity contribution in [2.24, 2.45) is 0 Å². The van der Waals surface area contributed by atoms with Gasteiger partial charge in [0, 0.05) is 0 Å². The maximum atomic E-state index is 12.2. The zero-order chi connectivity index (χ0) is 19.3. The monoisotopic (exact) mass is 379 g/mol. The van der Waals surface area contributed by atoms with Crippen LogP contribution < -0.4 is 4.72 Å². The van der Waals surface area contributed by atoms with Gasteiger partial charge < -0.3 is 9.59 Å². The van der Waals surface area contributed by atoms with E-state index < -0.39 is 22.0 Å². The molecule has 0 spiro atoms. The molecule has 0 aliphatic heterocycles. The minimum Gasteiger partial charge on any atom is -0.481 e. The van der Waals surface area contributed by atoms with Gasteiger partial charge in [0.15, 0.2) is 0 Å². The van der Waals surface area contributed by atoms with Gasteiger partial charge in [0.1, 0.15) is 0 Å². The number of hydrogen-bond donors (Lipinski definition) is 2. The number of aliphatic carboxylic acids is 1. The SMILES string of the molecule is CCCCCCCCCCCS(=O)(=O)N[C@H](CC(=O)O)C[N+](C)(C)C. The van der Waals surface area contributed by atoms with Crippen molar-refractivity contribution in [2.75, 3.05) is 33.4 Å². The molecule has 150 valence electrons. The average Bonchev–Trinajstić information content (AvgIpc) is 2.42. The summed E-state index contributed by atoms with van der Waals surface area (Å²) >= 11 is 0. The number of unbranched alkanes of at least 4 members (excludes halogenated alkanes) is 8. The lowest BCUT2D eigenvalue weighted by Crippen LogP contribution is -2.50. The number of rotatable bonds is 16. The Hall–Kier alpha value is -0.660. The van der Waals surface area contributed by atoms with Crippen LogP contribution in [0.3, 0.4) is 0 Å². The molecule has 0 radical (unpaired) electrons. The van der Waals surface area contributed by atoms with E-state index in [1.54, 1.807) is 0 Å². The molecule has 0 amide bonds. The molecule has 0 aromatic rings. The van der Waals surface area contributed by atoms with E-state index in [0.717, 1.165) is 12.8 Å². The number of likely N-dealkylation sites (N-methyl/N-ethyl adjacent to an activating group) is 1. The smallest absolute Gasteiger partial charge is 0.305 e. The van der Waals surface area contributed by atoms with E-state index in [2.05, 4.69) is 11.6 Å². The van der Waals surface area contributed by atoms with Crippen LogP contribution in [0.5, 0.6) is 0 Å². The number of nitrogens with one attached hydrogen (secondary N) is 1. The lowest BCUT2D eigenvalue weighted by molar-refractivity contribution is -0.871. The molecule has 0 fully saturated rings. The maximum absolute atomic E-state index is 12.2. The second-order valence-electron chi connectivity index (χ2n) is 8.03. The van der Waals surface area contributed by atoms with Crippen LogP contribution in [0.4, 0.5) is 0 Å². The lowest BCUT2D eigenvalue weighted by atomic mass is 10.1. The van der Waals surface area contributed by atoms with Gasteiger partial charge in [-0.05, 0) is 6.42 Å². The third kappa shape index (κ3) is 16.6. The highest BCUT2D eigenvalue weighted by atomic mass is 32.2. The first-order valence-electron chi connectivity index (χ1n) is 9.58. The first-order valence-corrected chi connectivity index (χ1v) is 11.2. The van der Waals surface area contributed by atoms with E-state index >= 15 is 0 Å². The summed E-state index contributed by atoms with van der Waals surface area (Å²) in [6.07, 6.45) is 9.95. The summed E-state index contributed by atoms with van der Waals surface area (Å²) in [5.74, 6) is -0.903. The molecule has 0 rings (SSSR count). The van der Waals surface area contributed by atoms with Gasteiger partial charge >= 0.3 is 5.97 Å². The molecule has 0 aromatic heterocycles. The number of nitrogens with zero attached hydrogens (tertiary/aromatic N) is 1. The Bertz CT molecular complexity index is 458. The van der Waals surface area contributed by atoms with E-state index in [0.29, 0.717) is 17.4 Å². The zero-order valence-corrected chi connectivity index (χ0v) is 17.4. The molecule has 0 aliphatic rings. The van der Waals surface area contributed by atoms with Gasteiger partial charge in [0.2, 0.25) is 10.0 Å². The fraction of sp³-hybridized carbons (Fsp3) is 0.944. The second kappa shape index (κ2) is 12.7.